The molecule has 3 rings (SSSR count). The molecule has 4 heteroatoms. The fourth-order valence-electron chi connectivity index (χ4n) is 2.66. The van der Waals surface area contributed by atoms with Crippen molar-refractivity contribution in [3.8, 4) is 5.75 Å². The number of nitrogens with one attached hydrogen (secondary N) is 1. The maximum absolute atomic E-state index is 9.86. The van der Waals surface area contributed by atoms with Crippen LogP contribution in [0, 0.1) is 5.92 Å². The largest absolute Gasteiger partial charge is 0.506 e. The summed E-state index contributed by atoms with van der Waals surface area (Å²) < 4.78 is 5.78. The Kier molecular flexibility index (Phi) is 3.46. The molecule has 1 heterocycles. The van der Waals surface area contributed by atoms with Crippen molar-refractivity contribution in [2.75, 3.05) is 6.61 Å². The average molecular weight is 268 g/mol. The van der Waals surface area contributed by atoms with Gasteiger partial charge in [-0.25, -0.2) is 0 Å². The first-order valence-corrected chi connectivity index (χ1v) is 6.95. The lowest BCUT2D eigenvalue weighted by molar-refractivity contribution is 0.0808. The molecule has 0 aromatic heterocycles. The average Bonchev–Trinajstić information content (AvgIpc) is 3.11. The number of halogens is 1. The third-order valence-electron chi connectivity index (χ3n) is 3.85. The van der Waals surface area contributed by atoms with Crippen molar-refractivity contribution in [1.29, 1.82) is 0 Å². The lowest BCUT2D eigenvalue weighted by Gasteiger charge is -2.19. The van der Waals surface area contributed by atoms with E-state index < -0.39 is 0 Å². The van der Waals surface area contributed by atoms with Crippen LogP contribution < -0.4 is 5.32 Å². The van der Waals surface area contributed by atoms with Crippen LogP contribution in [0.2, 0.25) is 5.02 Å². The topological polar surface area (TPSA) is 41.5 Å². The van der Waals surface area contributed by atoms with Gasteiger partial charge in [-0.2, -0.15) is 0 Å². The van der Waals surface area contributed by atoms with Gasteiger partial charge in [0.1, 0.15) is 5.75 Å². The number of phenols is 1. The second-order valence-electron chi connectivity index (χ2n) is 5.20. The summed E-state index contributed by atoms with van der Waals surface area (Å²) in [6, 6.07) is 5.88. The molecule has 1 aromatic carbocycles. The SMILES string of the molecule is Oc1c(Cl)cccc1CNC1CCOC1C1CC1. The van der Waals surface area contributed by atoms with Gasteiger partial charge in [0.25, 0.3) is 0 Å². The van der Waals surface area contributed by atoms with E-state index in [1.165, 1.54) is 12.8 Å². The summed E-state index contributed by atoms with van der Waals surface area (Å²) in [5.74, 6) is 0.937. The van der Waals surface area contributed by atoms with E-state index in [1.807, 2.05) is 12.1 Å². The Bertz CT molecular complexity index is 434. The molecule has 0 bridgehead atoms. The minimum absolute atomic E-state index is 0.188. The monoisotopic (exact) mass is 267 g/mol. The van der Waals surface area contributed by atoms with Crippen molar-refractivity contribution >= 4 is 11.6 Å². The van der Waals surface area contributed by atoms with Crippen LogP contribution in [-0.4, -0.2) is 23.9 Å². The summed E-state index contributed by atoms with van der Waals surface area (Å²) in [6.07, 6.45) is 4.02. The minimum atomic E-state index is 0.188. The second-order valence-corrected chi connectivity index (χ2v) is 5.60. The summed E-state index contributed by atoms with van der Waals surface area (Å²) in [5, 5.41) is 13.8. The van der Waals surface area contributed by atoms with Gasteiger partial charge in [-0.15, -0.1) is 0 Å². The quantitative estimate of drug-likeness (QED) is 0.881. The number of phenolic OH excluding ortho intramolecular Hbond substituents is 1. The lowest BCUT2D eigenvalue weighted by atomic mass is 10.1. The standard InChI is InChI=1S/C14H18ClNO2/c15-11-3-1-2-10(13(11)17)8-16-12-6-7-18-14(12)9-4-5-9/h1-3,9,12,14,16-17H,4-8H2. The van der Waals surface area contributed by atoms with Crippen LogP contribution in [0.5, 0.6) is 5.75 Å². The molecule has 2 unspecified atom stereocenters. The van der Waals surface area contributed by atoms with Crippen LogP contribution in [0.3, 0.4) is 0 Å². The molecule has 1 saturated heterocycles. The molecule has 1 aliphatic carbocycles. The minimum Gasteiger partial charge on any atom is -0.506 e. The van der Waals surface area contributed by atoms with Crippen molar-refractivity contribution in [1.82, 2.24) is 5.32 Å². The van der Waals surface area contributed by atoms with E-state index in [1.54, 1.807) is 6.07 Å². The van der Waals surface area contributed by atoms with Crippen molar-refractivity contribution in [3.63, 3.8) is 0 Å². The summed E-state index contributed by atoms with van der Waals surface area (Å²) in [4.78, 5) is 0. The van der Waals surface area contributed by atoms with E-state index in [0.717, 1.165) is 24.5 Å². The fourth-order valence-corrected chi connectivity index (χ4v) is 2.86. The van der Waals surface area contributed by atoms with Gasteiger partial charge in [0.2, 0.25) is 0 Å². The van der Waals surface area contributed by atoms with Gasteiger partial charge in [-0.1, -0.05) is 23.7 Å². The highest BCUT2D eigenvalue weighted by Crippen LogP contribution is 2.39. The van der Waals surface area contributed by atoms with E-state index in [-0.39, 0.29) is 5.75 Å². The molecule has 98 valence electrons. The number of benzene rings is 1. The fraction of sp³-hybridized carbons (Fsp3) is 0.571. The molecular weight excluding hydrogens is 250 g/mol. The molecule has 2 N–H and O–H groups in total. The van der Waals surface area contributed by atoms with E-state index in [2.05, 4.69) is 5.32 Å². The molecule has 0 spiro atoms. The Balaban J connectivity index is 1.61. The summed E-state index contributed by atoms with van der Waals surface area (Å²) in [7, 11) is 0. The van der Waals surface area contributed by atoms with Gasteiger partial charge >= 0.3 is 0 Å². The predicted molar refractivity (Wildman–Crippen MR) is 70.8 cm³/mol. The molecule has 1 aromatic rings. The van der Waals surface area contributed by atoms with Crippen LogP contribution >= 0.6 is 11.6 Å². The number of ether oxygens (including phenoxy) is 1. The normalized spacial score (nSPS) is 27.6. The van der Waals surface area contributed by atoms with Crippen LogP contribution in [0.4, 0.5) is 0 Å². The Morgan fingerprint density at radius 3 is 2.94 bits per heavy atom. The van der Waals surface area contributed by atoms with Gasteiger partial charge in [-0.3, -0.25) is 0 Å². The van der Waals surface area contributed by atoms with Gasteiger partial charge in [0.05, 0.1) is 11.1 Å². The first-order chi connectivity index (χ1) is 8.75. The molecule has 3 nitrogen and oxygen atoms in total. The number of para-hydroxylation sites is 1. The first-order valence-electron chi connectivity index (χ1n) is 6.57. The Morgan fingerprint density at radius 1 is 1.33 bits per heavy atom. The molecule has 1 saturated carbocycles. The summed E-state index contributed by atoms with van der Waals surface area (Å²) in [6.45, 7) is 1.49. The zero-order chi connectivity index (χ0) is 12.5. The molecule has 0 radical (unpaired) electrons. The van der Waals surface area contributed by atoms with Crippen LogP contribution in [0.1, 0.15) is 24.8 Å². The number of hydrogen-bond acceptors (Lipinski definition) is 3. The van der Waals surface area contributed by atoms with Gasteiger partial charge in [0, 0.05) is 24.8 Å². The van der Waals surface area contributed by atoms with Gasteiger partial charge < -0.3 is 15.2 Å². The third-order valence-corrected chi connectivity index (χ3v) is 4.15. The highest BCUT2D eigenvalue weighted by Gasteiger charge is 2.40. The zero-order valence-electron chi connectivity index (χ0n) is 10.2. The maximum Gasteiger partial charge on any atom is 0.138 e. The number of rotatable bonds is 4. The van der Waals surface area contributed by atoms with E-state index in [4.69, 9.17) is 16.3 Å². The molecule has 0 amide bonds. The van der Waals surface area contributed by atoms with Gasteiger partial charge in [-0.05, 0) is 31.2 Å². The van der Waals surface area contributed by atoms with E-state index >= 15 is 0 Å². The molecule has 2 atom stereocenters. The molecule has 2 aliphatic rings. The van der Waals surface area contributed by atoms with Crippen molar-refractivity contribution in [3.05, 3.63) is 28.8 Å². The third kappa shape index (κ3) is 2.48. The molecule has 2 fully saturated rings. The lowest BCUT2D eigenvalue weighted by Crippen LogP contribution is -2.37. The zero-order valence-corrected chi connectivity index (χ0v) is 11.0. The van der Waals surface area contributed by atoms with Gasteiger partial charge in [0.15, 0.2) is 0 Å². The molecular formula is C14H18ClNO2. The summed E-state index contributed by atoms with van der Waals surface area (Å²) in [5.41, 5.74) is 0.851. The van der Waals surface area contributed by atoms with Crippen LogP contribution in [0.25, 0.3) is 0 Å². The Morgan fingerprint density at radius 2 is 2.17 bits per heavy atom. The second kappa shape index (κ2) is 5.08. The summed E-state index contributed by atoms with van der Waals surface area (Å²) >= 11 is 5.90. The number of hydrogen-bond donors (Lipinski definition) is 2. The first kappa shape index (κ1) is 12.3. The molecule has 18 heavy (non-hydrogen) atoms. The Hall–Kier alpha value is -0.770. The highest BCUT2D eigenvalue weighted by molar-refractivity contribution is 6.32. The van der Waals surface area contributed by atoms with Crippen LogP contribution in [-0.2, 0) is 11.3 Å². The maximum atomic E-state index is 9.86. The predicted octanol–water partition coefficient (Wildman–Crippen LogP) is 2.70. The number of aromatic hydroxyl groups is 1. The van der Waals surface area contributed by atoms with E-state index in [0.29, 0.717) is 23.7 Å². The Labute approximate surface area is 112 Å². The smallest absolute Gasteiger partial charge is 0.138 e. The van der Waals surface area contributed by atoms with Crippen molar-refractivity contribution in [2.45, 2.75) is 38.0 Å². The van der Waals surface area contributed by atoms with Crippen molar-refractivity contribution < 1.29 is 9.84 Å². The highest BCUT2D eigenvalue weighted by atomic mass is 35.5. The van der Waals surface area contributed by atoms with E-state index in [9.17, 15) is 5.11 Å². The molecule has 1 aliphatic heterocycles. The van der Waals surface area contributed by atoms with Crippen molar-refractivity contribution in [2.24, 2.45) is 5.92 Å². The van der Waals surface area contributed by atoms with Crippen LogP contribution in [0.15, 0.2) is 18.2 Å².